The molecule has 0 aromatic heterocycles. The number of phenols is 1. The first-order valence-electron chi connectivity index (χ1n) is 7.12. The van der Waals surface area contributed by atoms with Crippen LogP contribution in [0.3, 0.4) is 0 Å². The van der Waals surface area contributed by atoms with Crippen LogP contribution in [-0.4, -0.2) is 22.8 Å². The molecule has 0 saturated carbocycles. The molecule has 5 nitrogen and oxygen atoms in total. The highest BCUT2D eigenvalue weighted by atomic mass is 16.6. The van der Waals surface area contributed by atoms with E-state index in [9.17, 15) is 15.2 Å². The summed E-state index contributed by atoms with van der Waals surface area (Å²) in [5.41, 5.74) is 0.356. The van der Waals surface area contributed by atoms with Crippen molar-refractivity contribution in [1.29, 1.82) is 0 Å². The first-order chi connectivity index (χ1) is 9.65. The minimum Gasteiger partial charge on any atom is -0.507 e. The molecule has 1 rings (SSSR count). The maximum atomic E-state index is 10.6. The molecule has 0 spiro atoms. The fourth-order valence-corrected chi connectivity index (χ4v) is 1.91. The lowest BCUT2D eigenvalue weighted by molar-refractivity contribution is -0.384. The molecule has 1 aromatic rings. The molecule has 110 valence electrons. The smallest absolute Gasteiger partial charge is 0.270 e. The molecule has 0 fully saturated rings. The standard InChI is InChI=1S/C15H22N2O3/c1-2-3-4-5-6-7-10-16-12-13-11-14(17(19)20)8-9-15(13)18/h8-9,11-12,18H,2-7,10H2,1H3. The normalized spacial score (nSPS) is 11.1. The number of unbranched alkanes of at least 4 members (excludes halogenated alkanes) is 5. The molecule has 20 heavy (non-hydrogen) atoms. The van der Waals surface area contributed by atoms with Gasteiger partial charge in [0.05, 0.1) is 4.92 Å². The summed E-state index contributed by atoms with van der Waals surface area (Å²) >= 11 is 0. The SMILES string of the molecule is CCCCCCCCN=Cc1cc([N+](=O)[O-])ccc1O. The topological polar surface area (TPSA) is 75.7 Å². The molecule has 1 N–H and O–H groups in total. The van der Waals surface area contributed by atoms with Gasteiger partial charge < -0.3 is 5.11 Å². The molecule has 0 amide bonds. The molecule has 0 saturated heterocycles. The zero-order valence-corrected chi connectivity index (χ0v) is 11.9. The highest BCUT2D eigenvalue weighted by Crippen LogP contribution is 2.21. The number of nitro benzene ring substituents is 1. The van der Waals surface area contributed by atoms with Gasteiger partial charge in [0, 0.05) is 30.5 Å². The minimum absolute atomic E-state index is 0.0160. The Morgan fingerprint density at radius 3 is 2.65 bits per heavy atom. The fourth-order valence-electron chi connectivity index (χ4n) is 1.91. The first-order valence-corrected chi connectivity index (χ1v) is 7.12. The Labute approximate surface area is 119 Å². The Morgan fingerprint density at radius 1 is 1.25 bits per heavy atom. The third kappa shape index (κ3) is 5.82. The second-order valence-corrected chi connectivity index (χ2v) is 4.80. The number of rotatable bonds is 9. The lowest BCUT2D eigenvalue weighted by atomic mass is 10.1. The summed E-state index contributed by atoms with van der Waals surface area (Å²) in [5.74, 6) is 0.0160. The van der Waals surface area contributed by atoms with Gasteiger partial charge in [-0.2, -0.15) is 0 Å². The highest BCUT2D eigenvalue weighted by Gasteiger charge is 2.08. The second-order valence-electron chi connectivity index (χ2n) is 4.80. The lowest BCUT2D eigenvalue weighted by Gasteiger charge is -1.99. The number of hydrogen-bond donors (Lipinski definition) is 1. The van der Waals surface area contributed by atoms with Crippen molar-refractivity contribution in [1.82, 2.24) is 0 Å². The number of phenolic OH excluding ortho intramolecular Hbond substituents is 1. The Bertz CT molecular complexity index is 458. The number of aromatic hydroxyl groups is 1. The molecular formula is C15H22N2O3. The summed E-state index contributed by atoms with van der Waals surface area (Å²) in [7, 11) is 0. The van der Waals surface area contributed by atoms with Gasteiger partial charge in [0.2, 0.25) is 0 Å². The Morgan fingerprint density at radius 2 is 1.95 bits per heavy atom. The van der Waals surface area contributed by atoms with Gasteiger partial charge in [-0.15, -0.1) is 0 Å². The molecule has 0 heterocycles. The number of nitrogens with zero attached hydrogens (tertiary/aromatic N) is 2. The molecule has 5 heteroatoms. The van der Waals surface area contributed by atoms with E-state index in [0.29, 0.717) is 12.1 Å². The Kier molecular flexibility index (Phi) is 7.32. The maximum Gasteiger partial charge on any atom is 0.270 e. The Hall–Kier alpha value is -1.91. The van der Waals surface area contributed by atoms with Crippen LogP contribution in [0.4, 0.5) is 5.69 Å². The second kappa shape index (κ2) is 9.07. The molecule has 0 atom stereocenters. The van der Waals surface area contributed by atoms with E-state index in [4.69, 9.17) is 0 Å². The predicted molar refractivity (Wildman–Crippen MR) is 80.6 cm³/mol. The van der Waals surface area contributed by atoms with Crippen molar-refractivity contribution < 1.29 is 10.0 Å². The van der Waals surface area contributed by atoms with Gasteiger partial charge in [-0.05, 0) is 12.5 Å². The lowest BCUT2D eigenvalue weighted by Crippen LogP contribution is -1.91. The monoisotopic (exact) mass is 278 g/mol. The molecular weight excluding hydrogens is 256 g/mol. The van der Waals surface area contributed by atoms with Crippen molar-refractivity contribution in [2.45, 2.75) is 45.4 Å². The third-order valence-corrected chi connectivity index (χ3v) is 3.09. The number of non-ortho nitro benzene ring substituents is 1. The van der Waals surface area contributed by atoms with Crippen LogP contribution in [0.2, 0.25) is 0 Å². The predicted octanol–water partition coefficient (Wildman–Crippen LogP) is 4.08. The van der Waals surface area contributed by atoms with Crippen LogP contribution >= 0.6 is 0 Å². The van der Waals surface area contributed by atoms with Crippen LogP contribution in [0.5, 0.6) is 5.75 Å². The summed E-state index contributed by atoms with van der Waals surface area (Å²) in [6.07, 6.45) is 8.69. The first kappa shape index (κ1) is 16.1. The number of benzene rings is 1. The molecule has 0 radical (unpaired) electrons. The highest BCUT2D eigenvalue weighted by molar-refractivity contribution is 5.84. The average molecular weight is 278 g/mol. The Balaban J connectivity index is 2.38. The van der Waals surface area contributed by atoms with E-state index in [1.165, 1.54) is 50.1 Å². The van der Waals surface area contributed by atoms with Crippen LogP contribution in [0.1, 0.15) is 51.0 Å². The van der Waals surface area contributed by atoms with Crippen LogP contribution in [0, 0.1) is 10.1 Å². The van der Waals surface area contributed by atoms with E-state index in [1.54, 1.807) is 0 Å². The maximum absolute atomic E-state index is 10.6. The van der Waals surface area contributed by atoms with Crippen LogP contribution in [-0.2, 0) is 0 Å². The van der Waals surface area contributed by atoms with Gasteiger partial charge in [-0.3, -0.25) is 15.1 Å². The molecule has 0 aliphatic heterocycles. The van der Waals surface area contributed by atoms with E-state index in [0.717, 1.165) is 12.8 Å². The zero-order valence-electron chi connectivity index (χ0n) is 11.9. The molecule has 0 bridgehead atoms. The molecule has 0 aliphatic rings. The average Bonchev–Trinajstić information content (AvgIpc) is 2.43. The van der Waals surface area contributed by atoms with Gasteiger partial charge in [-0.25, -0.2) is 0 Å². The van der Waals surface area contributed by atoms with E-state index >= 15 is 0 Å². The van der Waals surface area contributed by atoms with Crippen molar-refractivity contribution in [3.63, 3.8) is 0 Å². The van der Waals surface area contributed by atoms with E-state index in [2.05, 4.69) is 11.9 Å². The summed E-state index contributed by atoms with van der Waals surface area (Å²) < 4.78 is 0. The van der Waals surface area contributed by atoms with Crippen LogP contribution < -0.4 is 0 Å². The summed E-state index contributed by atoms with van der Waals surface area (Å²) in [6, 6.07) is 3.94. The van der Waals surface area contributed by atoms with Gasteiger partial charge in [0.25, 0.3) is 5.69 Å². The van der Waals surface area contributed by atoms with E-state index < -0.39 is 4.92 Å². The number of aliphatic imine (C=N–C) groups is 1. The molecule has 0 unspecified atom stereocenters. The van der Waals surface area contributed by atoms with Crippen molar-refractivity contribution in [3.05, 3.63) is 33.9 Å². The van der Waals surface area contributed by atoms with Crippen molar-refractivity contribution >= 4 is 11.9 Å². The van der Waals surface area contributed by atoms with Crippen LogP contribution in [0.25, 0.3) is 0 Å². The van der Waals surface area contributed by atoms with E-state index in [1.807, 2.05) is 0 Å². The van der Waals surface area contributed by atoms with Crippen molar-refractivity contribution in [2.75, 3.05) is 6.54 Å². The summed E-state index contributed by atoms with van der Waals surface area (Å²) in [5, 5.41) is 20.2. The third-order valence-electron chi connectivity index (χ3n) is 3.09. The number of hydrogen-bond acceptors (Lipinski definition) is 4. The largest absolute Gasteiger partial charge is 0.507 e. The zero-order chi connectivity index (χ0) is 14.8. The summed E-state index contributed by atoms with van der Waals surface area (Å²) in [6.45, 7) is 2.88. The van der Waals surface area contributed by atoms with Gasteiger partial charge in [0.1, 0.15) is 5.75 Å². The van der Waals surface area contributed by atoms with Gasteiger partial charge in [0.15, 0.2) is 0 Å². The van der Waals surface area contributed by atoms with Gasteiger partial charge >= 0.3 is 0 Å². The molecule has 0 aliphatic carbocycles. The van der Waals surface area contributed by atoms with Crippen LogP contribution in [0.15, 0.2) is 23.2 Å². The van der Waals surface area contributed by atoms with Crippen molar-refractivity contribution in [2.24, 2.45) is 4.99 Å². The van der Waals surface area contributed by atoms with Crippen molar-refractivity contribution in [3.8, 4) is 5.75 Å². The van der Waals surface area contributed by atoms with Gasteiger partial charge in [-0.1, -0.05) is 39.0 Å². The van der Waals surface area contributed by atoms with E-state index in [-0.39, 0.29) is 11.4 Å². The quantitative estimate of drug-likeness (QED) is 0.320. The molecule has 1 aromatic carbocycles. The summed E-state index contributed by atoms with van der Waals surface area (Å²) in [4.78, 5) is 14.4. The number of nitro groups is 1. The minimum atomic E-state index is -0.482. The fraction of sp³-hybridized carbons (Fsp3) is 0.533.